The Morgan fingerprint density at radius 2 is 2.09 bits per heavy atom. The van der Waals surface area contributed by atoms with Gasteiger partial charge in [0, 0.05) is 24.5 Å². The van der Waals surface area contributed by atoms with E-state index in [4.69, 9.17) is 4.74 Å². The fourth-order valence-electron chi connectivity index (χ4n) is 2.07. The first kappa shape index (κ1) is 15.2. The molecule has 0 unspecified atom stereocenters. The van der Waals surface area contributed by atoms with E-state index >= 15 is 0 Å². The molecular formula is C15H14N4O3S. The molecule has 3 aromatic heterocycles. The van der Waals surface area contributed by atoms with Crippen molar-refractivity contribution in [2.45, 2.75) is 13.5 Å². The minimum absolute atomic E-state index is 0.218. The van der Waals surface area contributed by atoms with Gasteiger partial charge in [-0.1, -0.05) is 6.07 Å². The van der Waals surface area contributed by atoms with Crippen molar-refractivity contribution in [1.29, 1.82) is 0 Å². The van der Waals surface area contributed by atoms with E-state index in [9.17, 15) is 9.59 Å². The fraction of sp³-hybridized carbons (Fsp3) is 0.200. The van der Waals surface area contributed by atoms with E-state index < -0.39 is 6.03 Å². The Balaban J connectivity index is 1.79. The number of rotatable bonds is 4. The Kier molecular flexibility index (Phi) is 4.33. The molecule has 0 fully saturated rings. The second kappa shape index (κ2) is 6.57. The van der Waals surface area contributed by atoms with Crippen LogP contribution in [0.5, 0.6) is 5.88 Å². The van der Waals surface area contributed by atoms with Crippen molar-refractivity contribution in [3.05, 3.63) is 52.6 Å². The van der Waals surface area contributed by atoms with Crippen molar-refractivity contribution in [1.82, 2.24) is 19.2 Å². The average Bonchev–Trinajstić information content (AvgIpc) is 2.91. The third-order valence-electron chi connectivity index (χ3n) is 3.11. The van der Waals surface area contributed by atoms with Crippen molar-refractivity contribution in [3.63, 3.8) is 0 Å². The lowest BCUT2D eigenvalue weighted by Gasteiger charge is -2.09. The third-order valence-corrected chi connectivity index (χ3v) is 4.12. The lowest BCUT2D eigenvalue weighted by Crippen LogP contribution is -2.32. The van der Waals surface area contributed by atoms with Crippen LogP contribution < -0.4 is 15.6 Å². The van der Waals surface area contributed by atoms with E-state index in [2.05, 4.69) is 15.3 Å². The molecule has 0 atom stereocenters. The number of hydrogen-bond acceptors (Lipinski definition) is 6. The minimum atomic E-state index is -0.496. The van der Waals surface area contributed by atoms with Crippen LogP contribution in [0.25, 0.3) is 10.2 Å². The molecule has 23 heavy (non-hydrogen) atoms. The maximum Gasteiger partial charge on any atom is 0.338 e. The van der Waals surface area contributed by atoms with Gasteiger partial charge >= 0.3 is 6.03 Å². The molecule has 0 bridgehead atoms. The molecule has 3 heterocycles. The Morgan fingerprint density at radius 1 is 1.30 bits per heavy atom. The number of ether oxygens (including phenoxy) is 1. The second-order valence-electron chi connectivity index (χ2n) is 4.61. The van der Waals surface area contributed by atoms with Crippen molar-refractivity contribution in [3.8, 4) is 5.88 Å². The topological polar surface area (TPSA) is 86.1 Å². The monoisotopic (exact) mass is 330 g/mol. The van der Waals surface area contributed by atoms with Gasteiger partial charge < -0.3 is 10.1 Å². The summed E-state index contributed by atoms with van der Waals surface area (Å²) in [5.74, 6) is 0.473. The predicted molar refractivity (Wildman–Crippen MR) is 86.9 cm³/mol. The van der Waals surface area contributed by atoms with Crippen LogP contribution >= 0.6 is 11.5 Å². The highest BCUT2D eigenvalue weighted by atomic mass is 32.1. The quantitative estimate of drug-likeness (QED) is 0.791. The average molecular weight is 330 g/mol. The number of fused-ring (bicyclic) bond motifs is 1. The van der Waals surface area contributed by atoms with Crippen LogP contribution in [0.2, 0.25) is 0 Å². The summed E-state index contributed by atoms with van der Waals surface area (Å²) in [5.41, 5.74) is 0.377. The van der Waals surface area contributed by atoms with Crippen LogP contribution in [0, 0.1) is 0 Å². The highest BCUT2D eigenvalue weighted by molar-refractivity contribution is 7.14. The first-order valence-electron chi connectivity index (χ1n) is 7.02. The third kappa shape index (κ3) is 3.07. The minimum Gasteiger partial charge on any atom is -0.478 e. The zero-order valence-electron chi connectivity index (χ0n) is 12.4. The largest absolute Gasteiger partial charge is 0.478 e. The molecule has 0 saturated carbocycles. The molecule has 0 radical (unpaired) electrons. The molecule has 7 nitrogen and oxygen atoms in total. The van der Waals surface area contributed by atoms with Crippen molar-refractivity contribution < 1.29 is 9.53 Å². The van der Waals surface area contributed by atoms with Crippen LogP contribution in [0.15, 0.2) is 41.5 Å². The molecule has 0 aliphatic heterocycles. The van der Waals surface area contributed by atoms with Crippen molar-refractivity contribution >= 4 is 27.8 Å². The smallest absolute Gasteiger partial charge is 0.338 e. The van der Waals surface area contributed by atoms with E-state index in [0.29, 0.717) is 22.7 Å². The molecule has 3 aromatic rings. The maximum atomic E-state index is 12.3. The van der Waals surface area contributed by atoms with Gasteiger partial charge in [0.1, 0.15) is 4.83 Å². The summed E-state index contributed by atoms with van der Waals surface area (Å²) < 4.78 is 6.47. The number of nitrogens with zero attached hydrogens (tertiary/aromatic N) is 3. The SMILES string of the molecule is CCOc1ncccc1CNC(=O)n1sc2ncccc2c1=O. The summed E-state index contributed by atoms with van der Waals surface area (Å²) in [6, 6.07) is 6.40. The van der Waals surface area contributed by atoms with Crippen LogP contribution in [0.3, 0.4) is 0 Å². The predicted octanol–water partition coefficient (Wildman–Crippen LogP) is 2.01. The summed E-state index contributed by atoms with van der Waals surface area (Å²) >= 11 is 1.02. The van der Waals surface area contributed by atoms with E-state index in [1.807, 2.05) is 13.0 Å². The standard InChI is InChI=1S/C15H14N4O3S/c1-2-22-12-10(5-3-7-16-12)9-18-15(21)19-14(20)11-6-4-8-17-13(11)23-19/h3-8H,2,9H2,1H3,(H,18,21). The fourth-order valence-corrected chi connectivity index (χ4v) is 2.93. The van der Waals surface area contributed by atoms with E-state index in [0.717, 1.165) is 21.1 Å². The molecule has 0 saturated heterocycles. The lowest BCUT2D eigenvalue weighted by atomic mass is 10.2. The zero-order valence-corrected chi connectivity index (χ0v) is 13.2. The molecule has 118 valence electrons. The maximum absolute atomic E-state index is 12.3. The molecule has 0 spiro atoms. The van der Waals surface area contributed by atoms with E-state index in [1.165, 1.54) is 0 Å². The number of nitrogens with one attached hydrogen (secondary N) is 1. The van der Waals surface area contributed by atoms with Gasteiger partial charge in [0.05, 0.1) is 12.0 Å². The number of carbonyl (C=O) groups is 1. The van der Waals surface area contributed by atoms with Gasteiger partial charge in [-0.05, 0) is 36.7 Å². The number of pyridine rings is 2. The number of aromatic nitrogens is 3. The zero-order chi connectivity index (χ0) is 16.2. The van der Waals surface area contributed by atoms with E-state index in [1.54, 1.807) is 30.6 Å². The lowest BCUT2D eigenvalue weighted by molar-refractivity contribution is 0.243. The van der Waals surface area contributed by atoms with E-state index in [-0.39, 0.29) is 12.1 Å². The Morgan fingerprint density at radius 3 is 2.87 bits per heavy atom. The first-order valence-corrected chi connectivity index (χ1v) is 7.80. The Bertz CT molecular complexity index is 903. The molecule has 0 aliphatic carbocycles. The van der Waals surface area contributed by atoms with Gasteiger partial charge in [0.25, 0.3) is 5.56 Å². The summed E-state index contributed by atoms with van der Waals surface area (Å²) in [6.07, 6.45) is 3.21. The van der Waals surface area contributed by atoms with Gasteiger partial charge in [-0.15, -0.1) is 0 Å². The second-order valence-corrected chi connectivity index (χ2v) is 5.54. The highest BCUT2D eigenvalue weighted by Gasteiger charge is 2.14. The van der Waals surface area contributed by atoms with Gasteiger partial charge in [-0.25, -0.2) is 14.8 Å². The molecule has 0 aromatic carbocycles. The van der Waals surface area contributed by atoms with Gasteiger partial charge in [0.2, 0.25) is 5.88 Å². The van der Waals surface area contributed by atoms with Crippen molar-refractivity contribution in [2.75, 3.05) is 6.61 Å². The van der Waals surface area contributed by atoms with Crippen LogP contribution in [0.4, 0.5) is 4.79 Å². The summed E-state index contributed by atoms with van der Waals surface area (Å²) in [5, 5.41) is 3.14. The molecule has 1 amide bonds. The van der Waals surface area contributed by atoms with Crippen LogP contribution in [-0.4, -0.2) is 26.6 Å². The summed E-state index contributed by atoms with van der Waals surface area (Å²) in [6.45, 7) is 2.57. The molecule has 3 rings (SSSR count). The van der Waals surface area contributed by atoms with Gasteiger partial charge in [-0.3, -0.25) is 4.79 Å². The number of amides is 1. The molecule has 0 aliphatic rings. The Labute approximate surface area is 135 Å². The van der Waals surface area contributed by atoms with Gasteiger partial charge in [-0.2, -0.15) is 3.96 Å². The molecule has 1 N–H and O–H groups in total. The van der Waals surface area contributed by atoms with Gasteiger partial charge in [0.15, 0.2) is 0 Å². The van der Waals surface area contributed by atoms with Crippen LogP contribution in [-0.2, 0) is 6.54 Å². The summed E-state index contributed by atoms with van der Waals surface area (Å²) in [4.78, 5) is 33.2. The molecular weight excluding hydrogens is 316 g/mol. The van der Waals surface area contributed by atoms with Crippen LogP contribution in [0.1, 0.15) is 12.5 Å². The number of hydrogen-bond donors (Lipinski definition) is 1. The molecule has 8 heteroatoms. The first-order chi connectivity index (χ1) is 11.2. The summed E-state index contributed by atoms with van der Waals surface area (Å²) in [7, 11) is 0. The highest BCUT2D eigenvalue weighted by Crippen LogP contribution is 2.15. The van der Waals surface area contributed by atoms with Crippen molar-refractivity contribution in [2.24, 2.45) is 0 Å². The number of carbonyl (C=O) groups excluding carboxylic acids is 1. The Hall–Kier alpha value is -2.74. The normalized spacial score (nSPS) is 10.7.